The van der Waals surface area contributed by atoms with Crippen molar-refractivity contribution in [3.05, 3.63) is 36.1 Å². The van der Waals surface area contributed by atoms with E-state index in [-0.39, 0.29) is 11.9 Å². The number of hydrogen-bond donors (Lipinski definition) is 2. The van der Waals surface area contributed by atoms with Gasteiger partial charge in [0.25, 0.3) is 5.91 Å². The molecule has 0 saturated carbocycles. The van der Waals surface area contributed by atoms with Crippen LogP contribution in [0.15, 0.2) is 34.9 Å². The molecule has 0 aliphatic carbocycles. The van der Waals surface area contributed by atoms with Crippen LogP contribution in [0.3, 0.4) is 0 Å². The number of furan rings is 1. The van der Waals surface area contributed by atoms with E-state index in [2.05, 4.69) is 5.32 Å². The van der Waals surface area contributed by atoms with Gasteiger partial charge in [0.05, 0.1) is 25.0 Å². The second kappa shape index (κ2) is 6.25. The van der Waals surface area contributed by atoms with Crippen molar-refractivity contribution in [3.8, 4) is 11.5 Å². The van der Waals surface area contributed by atoms with Gasteiger partial charge in [-0.2, -0.15) is 0 Å². The lowest BCUT2D eigenvalue weighted by Gasteiger charge is -2.15. The zero-order chi connectivity index (χ0) is 18.3. The highest BCUT2D eigenvalue weighted by Crippen LogP contribution is 2.39. The molecule has 26 heavy (non-hydrogen) atoms. The number of carbonyl (C=O) groups is 2. The normalized spacial score (nSPS) is 16.8. The van der Waals surface area contributed by atoms with E-state index in [4.69, 9.17) is 19.6 Å². The van der Waals surface area contributed by atoms with Gasteiger partial charge in [0.2, 0.25) is 5.91 Å². The molecule has 1 aromatic heterocycles. The summed E-state index contributed by atoms with van der Waals surface area (Å²) in [6.45, 7) is 0.334. The molecule has 0 spiro atoms. The molecule has 2 aromatic carbocycles. The molecular formula is C19H18N2O5. The second-order valence-corrected chi connectivity index (χ2v) is 6.30. The number of benzene rings is 2. The Morgan fingerprint density at radius 3 is 2.88 bits per heavy atom. The zero-order valence-corrected chi connectivity index (χ0v) is 14.2. The lowest BCUT2D eigenvalue weighted by Crippen LogP contribution is -2.30. The third-order valence-electron chi connectivity index (χ3n) is 4.61. The van der Waals surface area contributed by atoms with Crippen molar-refractivity contribution in [2.24, 2.45) is 5.73 Å². The van der Waals surface area contributed by atoms with E-state index >= 15 is 0 Å². The van der Waals surface area contributed by atoms with Gasteiger partial charge in [0.15, 0.2) is 11.3 Å². The topological polar surface area (TPSA) is 104 Å². The fraction of sp³-hybridized carbons (Fsp3) is 0.263. The first kappa shape index (κ1) is 16.3. The Morgan fingerprint density at radius 2 is 2.19 bits per heavy atom. The molecule has 1 aliphatic heterocycles. The van der Waals surface area contributed by atoms with Crippen LogP contribution in [0.5, 0.6) is 11.5 Å². The lowest BCUT2D eigenvalue weighted by molar-refractivity contribution is -0.119. The maximum atomic E-state index is 11.7. The van der Waals surface area contributed by atoms with E-state index in [9.17, 15) is 9.59 Å². The molecular weight excluding hydrogens is 336 g/mol. The summed E-state index contributed by atoms with van der Waals surface area (Å²) in [5, 5.41) is 5.27. The van der Waals surface area contributed by atoms with E-state index in [1.54, 1.807) is 18.4 Å². The van der Waals surface area contributed by atoms with E-state index < -0.39 is 5.91 Å². The van der Waals surface area contributed by atoms with Crippen LogP contribution in [0.25, 0.3) is 21.7 Å². The highest BCUT2D eigenvalue weighted by Gasteiger charge is 2.23. The molecule has 3 N–H and O–H groups in total. The molecule has 3 aromatic rings. The van der Waals surface area contributed by atoms with Crippen molar-refractivity contribution >= 4 is 33.6 Å². The molecule has 1 fully saturated rings. The summed E-state index contributed by atoms with van der Waals surface area (Å²) < 4.78 is 17.0. The lowest BCUT2D eigenvalue weighted by atomic mass is 10.0. The minimum atomic E-state index is -0.563. The van der Waals surface area contributed by atoms with Crippen molar-refractivity contribution in [2.45, 2.75) is 18.9 Å². The number of nitrogens with one attached hydrogen (secondary N) is 1. The van der Waals surface area contributed by atoms with Gasteiger partial charge in [-0.3, -0.25) is 9.59 Å². The first-order valence-electron chi connectivity index (χ1n) is 8.30. The second-order valence-electron chi connectivity index (χ2n) is 6.30. The largest absolute Gasteiger partial charge is 0.496 e. The fourth-order valence-corrected chi connectivity index (χ4v) is 3.31. The fourth-order valence-electron chi connectivity index (χ4n) is 3.31. The monoisotopic (exact) mass is 354 g/mol. The quantitative estimate of drug-likeness (QED) is 0.732. The molecule has 2 heterocycles. The molecule has 1 saturated heterocycles. The summed E-state index contributed by atoms with van der Waals surface area (Å²) in [7, 11) is 1.48. The maximum Gasteiger partial charge on any atom is 0.252 e. The Morgan fingerprint density at radius 1 is 1.35 bits per heavy atom. The van der Waals surface area contributed by atoms with Gasteiger partial charge in [-0.25, -0.2) is 0 Å². The van der Waals surface area contributed by atoms with Gasteiger partial charge >= 0.3 is 0 Å². The van der Waals surface area contributed by atoms with Crippen LogP contribution in [0.4, 0.5) is 0 Å². The summed E-state index contributed by atoms with van der Waals surface area (Å²) in [5.74, 6) is 0.396. The van der Waals surface area contributed by atoms with Crippen LogP contribution in [0.1, 0.15) is 23.2 Å². The van der Waals surface area contributed by atoms with Crippen LogP contribution in [0.2, 0.25) is 0 Å². The number of carbonyl (C=O) groups excluding carboxylic acids is 2. The van der Waals surface area contributed by atoms with Crippen molar-refractivity contribution < 1.29 is 23.5 Å². The predicted octanol–water partition coefficient (Wildman–Crippen LogP) is 2.35. The van der Waals surface area contributed by atoms with Gasteiger partial charge < -0.3 is 24.9 Å². The molecule has 0 bridgehead atoms. The molecule has 4 rings (SSSR count). The average molecular weight is 354 g/mol. The third-order valence-corrected chi connectivity index (χ3v) is 4.61. The molecule has 1 aliphatic rings. The Bertz CT molecular complexity index is 1020. The summed E-state index contributed by atoms with van der Waals surface area (Å²) in [6.07, 6.45) is 2.83. The molecule has 7 heteroatoms. The molecule has 2 amide bonds. The van der Waals surface area contributed by atoms with Crippen LogP contribution in [-0.4, -0.2) is 31.6 Å². The number of primary amides is 1. The zero-order valence-electron chi connectivity index (χ0n) is 14.2. The molecule has 1 unspecified atom stereocenters. The number of nitrogens with two attached hydrogens (primary N) is 1. The van der Waals surface area contributed by atoms with Gasteiger partial charge in [0.1, 0.15) is 12.4 Å². The highest BCUT2D eigenvalue weighted by atomic mass is 16.5. The molecule has 1 atom stereocenters. The number of amides is 2. The van der Waals surface area contributed by atoms with Crippen molar-refractivity contribution in [3.63, 3.8) is 0 Å². The minimum Gasteiger partial charge on any atom is -0.496 e. The highest BCUT2D eigenvalue weighted by molar-refractivity contribution is 6.07. The van der Waals surface area contributed by atoms with E-state index in [1.165, 1.54) is 7.11 Å². The summed E-state index contributed by atoms with van der Waals surface area (Å²) in [4.78, 5) is 23.1. The van der Waals surface area contributed by atoms with Crippen molar-refractivity contribution in [2.75, 3.05) is 13.7 Å². The van der Waals surface area contributed by atoms with Crippen molar-refractivity contribution in [1.82, 2.24) is 5.32 Å². The van der Waals surface area contributed by atoms with Crippen LogP contribution in [-0.2, 0) is 4.79 Å². The third kappa shape index (κ3) is 2.71. The Labute approximate surface area is 149 Å². The molecule has 7 nitrogen and oxygen atoms in total. The smallest absolute Gasteiger partial charge is 0.252 e. The maximum absolute atomic E-state index is 11.7. The molecule has 0 radical (unpaired) electrons. The van der Waals surface area contributed by atoms with E-state index in [1.807, 2.05) is 12.1 Å². The first-order chi connectivity index (χ1) is 12.6. The van der Waals surface area contributed by atoms with E-state index in [0.29, 0.717) is 35.7 Å². The number of methoxy groups -OCH3 is 1. The number of fused-ring (bicyclic) bond motifs is 2. The van der Waals surface area contributed by atoms with Gasteiger partial charge in [-0.15, -0.1) is 0 Å². The molecule has 134 valence electrons. The Balaban J connectivity index is 1.83. The summed E-state index contributed by atoms with van der Waals surface area (Å²) in [5.41, 5.74) is 6.37. The van der Waals surface area contributed by atoms with Crippen molar-refractivity contribution in [1.29, 1.82) is 0 Å². The predicted molar refractivity (Wildman–Crippen MR) is 95.4 cm³/mol. The minimum absolute atomic E-state index is 0.0328. The van der Waals surface area contributed by atoms with Crippen LogP contribution < -0.4 is 20.5 Å². The number of hydrogen-bond acceptors (Lipinski definition) is 5. The van der Waals surface area contributed by atoms with Crippen LogP contribution in [0, 0.1) is 0 Å². The SMILES string of the molecule is COc1cc2c(OCC3CCC(=O)N3)c3occc3cc2cc1C(N)=O. The van der Waals surface area contributed by atoms with Gasteiger partial charge in [0, 0.05) is 17.2 Å². The first-order valence-corrected chi connectivity index (χ1v) is 8.30. The van der Waals surface area contributed by atoms with E-state index in [0.717, 1.165) is 22.6 Å². The Kier molecular flexibility index (Phi) is 3.91. The van der Waals surface area contributed by atoms with Gasteiger partial charge in [-0.1, -0.05) is 0 Å². The number of rotatable bonds is 5. The number of ether oxygens (including phenoxy) is 2. The standard InChI is InChI=1S/C19H18N2O5/c1-24-15-8-13-11(7-14(15)19(20)23)6-10-4-5-25-17(10)18(13)26-9-12-2-3-16(22)21-12/h4-8,12H,2-3,9H2,1H3,(H2,20,23)(H,21,22). The Hall–Kier alpha value is -3.22. The summed E-state index contributed by atoms with van der Waals surface area (Å²) in [6, 6.07) is 7.11. The average Bonchev–Trinajstić information content (AvgIpc) is 3.25. The van der Waals surface area contributed by atoms with Crippen LogP contribution >= 0.6 is 0 Å². The van der Waals surface area contributed by atoms with Gasteiger partial charge in [-0.05, 0) is 36.1 Å². The summed E-state index contributed by atoms with van der Waals surface area (Å²) >= 11 is 0.